The summed E-state index contributed by atoms with van der Waals surface area (Å²) >= 11 is 0. The zero-order valence-electron chi connectivity index (χ0n) is 37.7. The Labute approximate surface area is 366 Å². The molecule has 0 radical (unpaired) electrons. The van der Waals surface area contributed by atoms with E-state index < -0.39 is 92.7 Å². The van der Waals surface area contributed by atoms with E-state index in [-0.39, 0.29) is 26.1 Å². The fourth-order valence-corrected chi connectivity index (χ4v) is 7.81. The summed E-state index contributed by atoms with van der Waals surface area (Å²) in [6, 6.07) is 0. The number of ether oxygens (including phenoxy) is 6. The lowest BCUT2D eigenvalue weighted by atomic mass is 9.98. The van der Waals surface area contributed by atoms with Crippen molar-refractivity contribution in [2.45, 2.75) is 255 Å². The van der Waals surface area contributed by atoms with Gasteiger partial charge in [0.1, 0.15) is 55.4 Å². The van der Waals surface area contributed by atoms with E-state index in [1.54, 1.807) is 0 Å². The molecule has 0 aromatic rings. The Morgan fingerprint density at radius 2 is 0.836 bits per heavy atom. The average Bonchev–Trinajstić information content (AvgIpc) is 3.25. The molecule has 15 nitrogen and oxygen atoms in total. The molecule has 0 spiro atoms. The van der Waals surface area contributed by atoms with E-state index in [2.05, 4.69) is 13.8 Å². The number of esters is 2. The summed E-state index contributed by atoms with van der Waals surface area (Å²) in [5.74, 6) is -0.918. The molecule has 0 aromatic carbocycles. The van der Waals surface area contributed by atoms with E-state index in [1.807, 2.05) is 0 Å². The minimum atomic E-state index is -1.76. The number of aliphatic hydroxyl groups is 7. The normalized spacial score (nSPS) is 27.2. The van der Waals surface area contributed by atoms with Gasteiger partial charge in [-0.1, -0.05) is 162 Å². The van der Waals surface area contributed by atoms with Crippen LogP contribution in [0.2, 0.25) is 0 Å². The van der Waals surface area contributed by atoms with Crippen LogP contribution < -0.4 is 0 Å². The Balaban J connectivity index is 1.78. The third-order valence-corrected chi connectivity index (χ3v) is 11.8. The molecule has 2 rings (SSSR count). The third-order valence-electron chi connectivity index (χ3n) is 11.8. The lowest BCUT2D eigenvalue weighted by molar-refractivity contribution is -0.332. The molecular formula is C46H86O15. The molecule has 7 N–H and O–H groups in total. The van der Waals surface area contributed by atoms with E-state index >= 15 is 0 Å². The molecular weight excluding hydrogens is 792 g/mol. The molecule has 2 fully saturated rings. The lowest BCUT2D eigenvalue weighted by Gasteiger charge is -2.42. The van der Waals surface area contributed by atoms with Crippen molar-refractivity contribution in [2.75, 3.05) is 26.4 Å². The maximum Gasteiger partial charge on any atom is 0.306 e. The highest BCUT2D eigenvalue weighted by atomic mass is 16.7. The van der Waals surface area contributed by atoms with Crippen LogP contribution in [-0.2, 0) is 38.0 Å². The number of aliphatic hydroxyl groups excluding tert-OH is 7. The van der Waals surface area contributed by atoms with Gasteiger partial charge in [-0.25, -0.2) is 0 Å². The van der Waals surface area contributed by atoms with Crippen LogP contribution >= 0.6 is 0 Å². The van der Waals surface area contributed by atoms with Gasteiger partial charge < -0.3 is 64.2 Å². The fourth-order valence-electron chi connectivity index (χ4n) is 7.81. The Bertz CT molecular complexity index is 1080. The first-order valence-electron chi connectivity index (χ1n) is 24.1. The van der Waals surface area contributed by atoms with Crippen molar-refractivity contribution in [1.29, 1.82) is 0 Å². The minimum absolute atomic E-state index is 0.170. The van der Waals surface area contributed by atoms with Gasteiger partial charge in [-0.15, -0.1) is 0 Å². The second-order valence-corrected chi connectivity index (χ2v) is 17.3. The van der Waals surface area contributed by atoms with E-state index in [1.165, 1.54) is 109 Å². The molecule has 0 aromatic heterocycles. The first kappa shape index (κ1) is 55.6. The molecule has 0 amide bonds. The van der Waals surface area contributed by atoms with Crippen molar-refractivity contribution in [3.8, 4) is 0 Å². The van der Waals surface area contributed by atoms with Crippen molar-refractivity contribution < 1.29 is 73.8 Å². The Morgan fingerprint density at radius 1 is 0.459 bits per heavy atom. The van der Waals surface area contributed by atoms with Crippen molar-refractivity contribution in [2.24, 2.45) is 0 Å². The first-order chi connectivity index (χ1) is 29.5. The summed E-state index contributed by atoms with van der Waals surface area (Å²) in [6.45, 7) is 2.56. The van der Waals surface area contributed by atoms with E-state index in [0.29, 0.717) is 12.8 Å². The van der Waals surface area contributed by atoms with Gasteiger partial charge in [0.2, 0.25) is 0 Å². The maximum absolute atomic E-state index is 12.9. The average molecular weight is 879 g/mol. The van der Waals surface area contributed by atoms with Gasteiger partial charge in [-0.3, -0.25) is 9.59 Å². The molecule has 15 heteroatoms. The molecule has 2 saturated heterocycles. The van der Waals surface area contributed by atoms with Crippen molar-refractivity contribution in [1.82, 2.24) is 0 Å². The molecule has 2 heterocycles. The van der Waals surface area contributed by atoms with Gasteiger partial charge >= 0.3 is 11.9 Å². The van der Waals surface area contributed by atoms with Gasteiger partial charge in [0.15, 0.2) is 18.7 Å². The molecule has 11 atom stereocenters. The summed E-state index contributed by atoms with van der Waals surface area (Å²) in [7, 11) is 0. The second-order valence-electron chi connectivity index (χ2n) is 17.3. The van der Waals surface area contributed by atoms with Crippen LogP contribution in [0.4, 0.5) is 0 Å². The smallest absolute Gasteiger partial charge is 0.306 e. The predicted molar refractivity (Wildman–Crippen MR) is 229 cm³/mol. The molecule has 0 bridgehead atoms. The number of rotatable bonds is 37. The zero-order valence-corrected chi connectivity index (χ0v) is 37.7. The topological polar surface area (TPSA) is 231 Å². The van der Waals surface area contributed by atoms with Gasteiger partial charge in [0.05, 0.1) is 19.8 Å². The SMILES string of the molecule is CCCCCCCCCCCCCCCCCCCC(=O)OC[C@@H](CO[C@@H]1O[C@H](CO[C@@H]2O[C@H](CO)[C@H](O)C(O)C2O)[C@H](O)C(O)C1O)OC(=O)CCCCCCCCCC. The molecule has 0 aliphatic carbocycles. The van der Waals surface area contributed by atoms with E-state index in [4.69, 9.17) is 28.4 Å². The molecule has 0 saturated carbocycles. The van der Waals surface area contributed by atoms with Gasteiger partial charge in [-0.05, 0) is 12.8 Å². The van der Waals surface area contributed by atoms with Crippen LogP contribution in [0.25, 0.3) is 0 Å². The largest absolute Gasteiger partial charge is 0.462 e. The van der Waals surface area contributed by atoms with Crippen LogP contribution in [0.5, 0.6) is 0 Å². The number of unbranched alkanes of at least 4 members (excludes halogenated alkanes) is 23. The predicted octanol–water partition coefficient (Wildman–Crippen LogP) is 5.65. The van der Waals surface area contributed by atoms with E-state index in [0.717, 1.165) is 38.5 Å². The quantitative estimate of drug-likeness (QED) is 0.0295. The second kappa shape index (κ2) is 34.8. The van der Waals surface area contributed by atoms with E-state index in [9.17, 15) is 45.3 Å². The fraction of sp³-hybridized carbons (Fsp3) is 0.957. The van der Waals surface area contributed by atoms with Crippen LogP contribution in [0.1, 0.15) is 187 Å². The first-order valence-corrected chi connectivity index (χ1v) is 24.1. The van der Waals surface area contributed by atoms with Gasteiger partial charge in [-0.2, -0.15) is 0 Å². The minimum Gasteiger partial charge on any atom is -0.462 e. The molecule has 360 valence electrons. The molecule has 2 aliphatic heterocycles. The monoisotopic (exact) mass is 879 g/mol. The molecule has 61 heavy (non-hydrogen) atoms. The van der Waals surface area contributed by atoms with Crippen LogP contribution in [0.15, 0.2) is 0 Å². The van der Waals surface area contributed by atoms with Crippen LogP contribution in [-0.4, -0.2) is 142 Å². The number of carbonyl (C=O) groups excluding carboxylic acids is 2. The number of carbonyl (C=O) groups is 2. The lowest BCUT2D eigenvalue weighted by Crippen LogP contribution is -2.61. The number of hydrogen-bond donors (Lipinski definition) is 7. The highest BCUT2D eigenvalue weighted by molar-refractivity contribution is 5.70. The Kier molecular flexibility index (Phi) is 31.8. The van der Waals surface area contributed by atoms with Crippen molar-refractivity contribution in [3.63, 3.8) is 0 Å². The van der Waals surface area contributed by atoms with Gasteiger partial charge in [0, 0.05) is 12.8 Å². The molecule has 2 aliphatic rings. The van der Waals surface area contributed by atoms with Crippen molar-refractivity contribution >= 4 is 11.9 Å². The maximum atomic E-state index is 12.9. The van der Waals surface area contributed by atoms with Gasteiger partial charge in [0.25, 0.3) is 0 Å². The summed E-state index contributed by atoms with van der Waals surface area (Å²) < 4.78 is 33.4. The number of hydrogen-bond acceptors (Lipinski definition) is 15. The summed E-state index contributed by atoms with van der Waals surface area (Å²) in [5, 5.41) is 71.8. The van der Waals surface area contributed by atoms with Crippen LogP contribution in [0, 0.1) is 0 Å². The Morgan fingerprint density at radius 3 is 1.28 bits per heavy atom. The summed E-state index contributed by atoms with van der Waals surface area (Å²) in [6.07, 6.45) is 13.1. The summed E-state index contributed by atoms with van der Waals surface area (Å²) in [4.78, 5) is 25.6. The van der Waals surface area contributed by atoms with Crippen molar-refractivity contribution in [3.05, 3.63) is 0 Å². The highest BCUT2D eigenvalue weighted by Crippen LogP contribution is 2.26. The zero-order chi connectivity index (χ0) is 44.7. The van der Waals surface area contributed by atoms with Crippen LogP contribution in [0.3, 0.4) is 0 Å². The third kappa shape index (κ3) is 23.8. The standard InChI is InChI=1S/C46H86O15/c1-3-5-7-9-11-13-14-15-16-17-18-19-20-21-23-24-26-28-37(48)56-31-34(59-38(49)29-27-25-22-12-10-8-6-4-2)32-57-45-44(55)42(53)40(51)36(61-45)33-58-46-43(54)41(52)39(50)35(30-47)60-46/h34-36,39-47,50-55H,3-33H2,1-2H3/t34-,35+,36+,39-,40-,41?,42?,43?,44?,45+,46+/m0/s1. The highest BCUT2D eigenvalue weighted by Gasteiger charge is 2.47. The summed E-state index contributed by atoms with van der Waals surface area (Å²) in [5.41, 5.74) is 0. The Hall–Kier alpha value is -1.50. The molecule has 4 unspecified atom stereocenters.